The molecule has 1 amide bonds. The van der Waals surface area contributed by atoms with E-state index >= 15 is 0 Å². The van der Waals surface area contributed by atoms with Crippen molar-refractivity contribution in [2.75, 3.05) is 32.8 Å². The smallest absolute Gasteiger partial charge is 0.475 e. The zero-order chi connectivity index (χ0) is 21.8. The number of likely N-dealkylation sites (tertiary alicyclic amines) is 1. The summed E-state index contributed by atoms with van der Waals surface area (Å²) in [5.41, 5.74) is 0.599. The molecule has 1 aromatic rings. The van der Waals surface area contributed by atoms with Crippen molar-refractivity contribution in [2.45, 2.75) is 38.1 Å². The quantitative estimate of drug-likeness (QED) is 0.781. The van der Waals surface area contributed by atoms with E-state index in [4.69, 9.17) is 19.5 Å². The van der Waals surface area contributed by atoms with Gasteiger partial charge < -0.3 is 9.84 Å². The van der Waals surface area contributed by atoms with Crippen LogP contribution in [0.2, 0.25) is 0 Å². The Labute approximate surface area is 171 Å². The number of carboxylic acid groups (broad SMARTS) is 1. The van der Waals surface area contributed by atoms with Gasteiger partial charge in [0, 0.05) is 32.4 Å². The normalized spacial score (nSPS) is 26.6. The predicted octanol–water partition coefficient (Wildman–Crippen LogP) is 1.86. The Balaban J connectivity index is 0.000000318. The SMILES string of the molecule is O=C(N1CCCO1)[C@@]12CCO[C@@H]1CCN(Cc1ccccn1)C2.O=C(O)C(F)(F)F. The summed E-state index contributed by atoms with van der Waals surface area (Å²) in [7, 11) is 0. The van der Waals surface area contributed by atoms with Crippen LogP contribution in [0.5, 0.6) is 0 Å². The fourth-order valence-corrected chi connectivity index (χ4v) is 4.05. The molecule has 4 rings (SSSR count). The van der Waals surface area contributed by atoms with Gasteiger partial charge in [-0.2, -0.15) is 13.2 Å². The first-order valence-corrected chi connectivity index (χ1v) is 9.71. The Kier molecular flexibility index (Phi) is 6.94. The summed E-state index contributed by atoms with van der Waals surface area (Å²) in [5, 5.41) is 8.70. The molecule has 30 heavy (non-hydrogen) atoms. The molecule has 0 saturated carbocycles. The van der Waals surface area contributed by atoms with Crippen molar-refractivity contribution >= 4 is 11.9 Å². The highest BCUT2D eigenvalue weighted by Crippen LogP contribution is 2.43. The number of hydroxylamine groups is 2. The second-order valence-electron chi connectivity index (χ2n) is 7.48. The minimum Gasteiger partial charge on any atom is -0.475 e. The molecule has 0 spiro atoms. The van der Waals surface area contributed by atoms with Gasteiger partial charge >= 0.3 is 12.1 Å². The van der Waals surface area contributed by atoms with Gasteiger partial charge in [0.25, 0.3) is 5.91 Å². The maximum atomic E-state index is 13.1. The zero-order valence-electron chi connectivity index (χ0n) is 16.3. The fourth-order valence-electron chi connectivity index (χ4n) is 4.05. The van der Waals surface area contributed by atoms with E-state index in [9.17, 15) is 18.0 Å². The van der Waals surface area contributed by atoms with Crippen molar-refractivity contribution in [3.63, 3.8) is 0 Å². The standard InChI is InChI=1S/C17H23N3O3.C2HF3O2/c21-16(20-8-3-10-23-20)17-6-11-22-15(17)5-9-19(13-17)12-14-4-1-2-7-18-14;3-2(4,5)1(6)7/h1-2,4,7,15H,3,5-6,8-13H2;(H,6,7)/t15-,17-;/m1./s1. The van der Waals surface area contributed by atoms with Crippen molar-refractivity contribution in [1.29, 1.82) is 0 Å². The van der Waals surface area contributed by atoms with Gasteiger partial charge in [0.2, 0.25) is 0 Å². The molecule has 0 aliphatic carbocycles. The molecule has 2 atom stereocenters. The van der Waals surface area contributed by atoms with Gasteiger partial charge in [0.05, 0.1) is 30.4 Å². The number of alkyl halides is 3. The van der Waals surface area contributed by atoms with Gasteiger partial charge in [-0.15, -0.1) is 0 Å². The molecular formula is C19H24F3N3O5. The highest BCUT2D eigenvalue weighted by atomic mass is 19.4. The van der Waals surface area contributed by atoms with Crippen LogP contribution in [0.25, 0.3) is 0 Å². The molecule has 3 aliphatic heterocycles. The lowest BCUT2D eigenvalue weighted by Gasteiger charge is -2.43. The van der Waals surface area contributed by atoms with Crippen LogP contribution >= 0.6 is 0 Å². The summed E-state index contributed by atoms with van der Waals surface area (Å²) in [5.74, 6) is -2.64. The van der Waals surface area contributed by atoms with Crippen molar-refractivity contribution in [3.05, 3.63) is 30.1 Å². The minimum atomic E-state index is -5.08. The minimum absolute atomic E-state index is 0.0270. The Hall–Kier alpha value is -2.24. The van der Waals surface area contributed by atoms with Gasteiger partial charge in [-0.05, 0) is 31.4 Å². The van der Waals surface area contributed by atoms with Gasteiger partial charge in [-0.3, -0.25) is 19.5 Å². The number of piperidine rings is 1. The van der Waals surface area contributed by atoms with Gasteiger partial charge in [-0.1, -0.05) is 6.07 Å². The molecule has 11 heteroatoms. The number of hydrogen-bond donors (Lipinski definition) is 1. The molecule has 3 fully saturated rings. The lowest BCUT2D eigenvalue weighted by atomic mass is 9.75. The second kappa shape index (κ2) is 9.27. The van der Waals surface area contributed by atoms with Crippen molar-refractivity contribution in [1.82, 2.24) is 14.9 Å². The van der Waals surface area contributed by atoms with E-state index in [0.717, 1.165) is 44.6 Å². The Bertz CT molecular complexity index is 743. The second-order valence-corrected chi connectivity index (χ2v) is 7.48. The average Bonchev–Trinajstić information content (AvgIpc) is 3.38. The lowest BCUT2D eigenvalue weighted by Crippen LogP contribution is -2.57. The third-order valence-corrected chi connectivity index (χ3v) is 5.46. The summed E-state index contributed by atoms with van der Waals surface area (Å²) < 4.78 is 37.6. The molecule has 0 aromatic carbocycles. The number of nitrogens with zero attached hydrogens (tertiary/aromatic N) is 3. The van der Waals surface area contributed by atoms with E-state index in [2.05, 4.69) is 9.88 Å². The van der Waals surface area contributed by atoms with Crippen LogP contribution in [0.3, 0.4) is 0 Å². The number of hydrogen-bond acceptors (Lipinski definition) is 6. The number of aliphatic carboxylic acids is 1. The van der Waals surface area contributed by atoms with Crippen LogP contribution in [-0.4, -0.2) is 77.1 Å². The number of carbonyl (C=O) groups is 2. The first kappa shape index (κ1) is 22.4. The molecule has 8 nitrogen and oxygen atoms in total. The molecule has 3 saturated heterocycles. The van der Waals surface area contributed by atoms with Gasteiger partial charge in [-0.25, -0.2) is 9.86 Å². The van der Waals surface area contributed by atoms with Crippen LogP contribution in [0, 0.1) is 5.41 Å². The highest BCUT2D eigenvalue weighted by Gasteiger charge is 2.55. The topological polar surface area (TPSA) is 92.2 Å². The van der Waals surface area contributed by atoms with Gasteiger partial charge in [0.1, 0.15) is 0 Å². The number of halogens is 3. The monoisotopic (exact) mass is 431 g/mol. The van der Waals surface area contributed by atoms with Crippen LogP contribution in [0.15, 0.2) is 24.4 Å². The van der Waals surface area contributed by atoms with Crippen LogP contribution in [0.1, 0.15) is 25.0 Å². The number of aromatic nitrogens is 1. The van der Waals surface area contributed by atoms with E-state index in [1.54, 1.807) is 5.06 Å². The van der Waals surface area contributed by atoms with Crippen molar-refractivity contribution < 1.29 is 37.4 Å². The number of rotatable bonds is 3. The summed E-state index contributed by atoms with van der Waals surface area (Å²) in [6, 6.07) is 5.97. The van der Waals surface area contributed by atoms with Crippen molar-refractivity contribution in [2.24, 2.45) is 5.41 Å². The number of fused-ring (bicyclic) bond motifs is 1. The predicted molar refractivity (Wildman–Crippen MR) is 96.9 cm³/mol. The largest absolute Gasteiger partial charge is 0.490 e. The average molecular weight is 431 g/mol. The van der Waals surface area contributed by atoms with Gasteiger partial charge in [0.15, 0.2) is 0 Å². The fraction of sp³-hybridized carbons (Fsp3) is 0.632. The first-order chi connectivity index (χ1) is 14.2. The maximum absolute atomic E-state index is 13.1. The molecular weight excluding hydrogens is 407 g/mol. The van der Waals surface area contributed by atoms with Crippen molar-refractivity contribution in [3.8, 4) is 0 Å². The lowest BCUT2D eigenvalue weighted by molar-refractivity contribution is -0.192. The molecule has 0 unspecified atom stereocenters. The molecule has 1 N–H and O–H groups in total. The molecule has 0 bridgehead atoms. The third kappa shape index (κ3) is 5.08. The molecule has 0 radical (unpaired) electrons. The van der Waals surface area contributed by atoms with Crippen LogP contribution < -0.4 is 0 Å². The highest BCUT2D eigenvalue weighted by molar-refractivity contribution is 5.83. The summed E-state index contributed by atoms with van der Waals surface area (Å²) >= 11 is 0. The number of amides is 1. The summed E-state index contributed by atoms with van der Waals surface area (Å²) in [4.78, 5) is 34.2. The number of pyridine rings is 1. The number of ether oxygens (including phenoxy) is 1. The summed E-state index contributed by atoms with van der Waals surface area (Å²) in [6.45, 7) is 4.47. The number of carboxylic acids is 1. The third-order valence-electron chi connectivity index (χ3n) is 5.46. The van der Waals surface area contributed by atoms with Crippen LogP contribution in [0.4, 0.5) is 13.2 Å². The Morgan fingerprint density at radius 1 is 1.27 bits per heavy atom. The first-order valence-electron chi connectivity index (χ1n) is 9.71. The zero-order valence-corrected chi connectivity index (χ0v) is 16.3. The Morgan fingerprint density at radius 2 is 2.03 bits per heavy atom. The van der Waals surface area contributed by atoms with Crippen LogP contribution in [-0.2, 0) is 25.7 Å². The molecule has 1 aromatic heterocycles. The molecule has 3 aliphatic rings. The van der Waals surface area contributed by atoms with E-state index in [-0.39, 0.29) is 12.0 Å². The number of carbonyl (C=O) groups excluding carboxylic acids is 1. The van der Waals surface area contributed by atoms with E-state index in [1.807, 2.05) is 24.4 Å². The molecule has 4 heterocycles. The van der Waals surface area contributed by atoms with E-state index in [0.29, 0.717) is 19.8 Å². The van der Waals surface area contributed by atoms with E-state index < -0.39 is 17.6 Å². The summed E-state index contributed by atoms with van der Waals surface area (Å²) in [6.07, 6.45) is -0.633. The van der Waals surface area contributed by atoms with E-state index in [1.165, 1.54) is 0 Å². The Morgan fingerprint density at radius 3 is 2.63 bits per heavy atom. The molecule has 166 valence electrons. The maximum Gasteiger partial charge on any atom is 0.490 e.